The number of hydrogen-bond acceptors (Lipinski definition) is 3. The third kappa shape index (κ3) is 5.10. The van der Waals surface area contributed by atoms with Gasteiger partial charge in [0.15, 0.2) is 0 Å². The molecule has 0 aliphatic heterocycles. The van der Waals surface area contributed by atoms with Crippen LogP contribution >= 0.6 is 0 Å². The van der Waals surface area contributed by atoms with Gasteiger partial charge in [-0.05, 0) is 41.5 Å². The highest BCUT2D eigenvalue weighted by Gasteiger charge is 2.31. The van der Waals surface area contributed by atoms with Crippen molar-refractivity contribution >= 4 is 6.29 Å². The van der Waals surface area contributed by atoms with Crippen LogP contribution < -0.4 is 9.47 Å². The quantitative estimate of drug-likeness (QED) is 0.525. The molecule has 0 saturated heterocycles. The maximum Gasteiger partial charge on any atom is 0.573 e. The lowest BCUT2D eigenvalue weighted by Gasteiger charge is -2.14. The molecule has 0 fully saturated rings. The third-order valence-corrected chi connectivity index (χ3v) is 3.78. The molecule has 0 aliphatic carbocycles. The molecule has 3 rings (SSSR count). The summed E-state index contributed by atoms with van der Waals surface area (Å²) in [5.41, 5.74) is 2.62. The van der Waals surface area contributed by atoms with E-state index in [1.807, 2.05) is 30.3 Å². The first-order valence-electron chi connectivity index (χ1n) is 8.07. The molecule has 0 unspecified atom stereocenters. The van der Waals surface area contributed by atoms with Crippen LogP contribution in [0.5, 0.6) is 11.5 Å². The van der Waals surface area contributed by atoms with Gasteiger partial charge in [0.25, 0.3) is 0 Å². The zero-order valence-corrected chi connectivity index (χ0v) is 14.1. The average molecular weight is 372 g/mol. The van der Waals surface area contributed by atoms with Gasteiger partial charge in [0.1, 0.15) is 24.4 Å². The van der Waals surface area contributed by atoms with Gasteiger partial charge in [-0.15, -0.1) is 13.2 Å². The first kappa shape index (κ1) is 18.5. The normalized spacial score (nSPS) is 11.1. The summed E-state index contributed by atoms with van der Waals surface area (Å²) in [4.78, 5) is 11.1. The smallest absolute Gasteiger partial charge is 0.488 e. The highest BCUT2D eigenvalue weighted by Crippen LogP contribution is 2.33. The monoisotopic (exact) mass is 372 g/mol. The molecule has 0 spiro atoms. The number of alkyl halides is 3. The summed E-state index contributed by atoms with van der Waals surface area (Å²) in [6, 6.07) is 19.9. The number of benzene rings is 3. The molecule has 0 aliphatic rings. The molecule has 0 bridgehead atoms. The predicted molar refractivity (Wildman–Crippen MR) is 94.7 cm³/mol. The summed E-state index contributed by atoms with van der Waals surface area (Å²) in [5.74, 6) is 0.207. The predicted octanol–water partition coefficient (Wildman–Crippen LogP) is 5.64. The Bertz CT molecular complexity index is 904. The van der Waals surface area contributed by atoms with Gasteiger partial charge in [-0.3, -0.25) is 4.79 Å². The molecule has 3 aromatic carbocycles. The fraction of sp³-hybridized carbons (Fsp3) is 0.0952. The van der Waals surface area contributed by atoms with Crippen molar-refractivity contribution in [1.29, 1.82) is 0 Å². The second-order valence-electron chi connectivity index (χ2n) is 5.72. The number of rotatable bonds is 6. The maximum atomic E-state index is 12.3. The lowest BCUT2D eigenvalue weighted by molar-refractivity contribution is -0.274. The lowest BCUT2D eigenvalue weighted by atomic mass is 10.0. The van der Waals surface area contributed by atoms with Gasteiger partial charge in [0.05, 0.1) is 0 Å². The van der Waals surface area contributed by atoms with Crippen LogP contribution in [0.3, 0.4) is 0 Å². The molecular weight excluding hydrogens is 357 g/mol. The molecule has 6 heteroatoms. The minimum Gasteiger partial charge on any atom is -0.488 e. The van der Waals surface area contributed by atoms with Crippen molar-refractivity contribution in [1.82, 2.24) is 0 Å². The first-order chi connectivity index (χ1) is 12.9. The van der Waals surface area contributed by atoms with Crippen molar-refractivity contribution in [3.05, 3.63) is 83.9 Å². The molecule has 0 N–H and O–H groups in total. The molecule has 0 radical (unpaired) electrons. The Kier molecular flexibility index (Phi) is 5.45. The standard InChI is InChI=1S/C21H15F3O3/c22-21(23,24)27-18-9-7-17(8-10-18)19-12-16(13-25)6-11-20(19)26-14-15-4-2-1-3-5-15/h1-13H,14H2. The second kappa shape index (κ2) is 7.95. The van der Waals surface area contributed by atoms with Gasteiger partial charge in [-0.2, -0.15) is 0 Å². The van der Waals surface area contributed by atoms with Gasteiger partial charge in [0, 0.05) is 11.1 Å². The van der Waals surface area contributed by atoms with Gasteiger partial charge in [-0.25, -0.2) is 0 Å². The van der Waals surface area contributed by atoms with Gasteiger partial charge in [-0.1, -0.05) is 42.5 Å². The molecule has 0 amide bonds. The van der Waals surface area contributed by atoms with Crippen molar-refractivity contribution in [2.75, 3.05) is 0 Å². The number of carbonyl (C=O) groups excluding carboxylic acids is 1. The van der Waals surface area contributed by atoms with Crippen LogP contribution in [0.4, 0.5) is 13.2 Å². The summed E-state index contributed by atoms with van der Waals surface area (Å²) in [6.07, 6.45) is -4.05. The highest BCUT2D eigenvalue weighted by molar-refractivity contribution is 5.81. The van der Waals surface area contributed by atoms with Crippen molar-refractivity contribution in [2.45, 2.75) is 13.0 Å². The van der Waals surface area contributed by atoms with Crippen molar-refractivity contribution in [2.24, 2.45) is 0 Å². The Hall–Kier alpha value is -3.28. The van der Waals surface area contributed by atoms with Gasteiger partial charge in [0.2, 0.25) is 0 Å². The Morgan fingerprint density at radius 3 is 2.22 bits per heavy atom. The first-order valence-corrected chi connectivity index (χ1v) is 8.07. The highest BCUT2D eigenvalue weighted by atomic mass is 19.4. The van der Waals surface area contributed by atoms with E-state index in [0.29, 0.717) is 35.3 Å². The van der Waals surface area contributed by atoms with Crippen LogP contribution in [0.1, 0.15) is 15.9 Å². The van der Waals surface area contributed by atoms with Crippen LogP contribution in [0.25, 0.3) is 11.1 Å². The van der Waals surface area contributed by atoms with E-state index in [1.54, 1.807) is 18.2 Å². The number of carbonyl (C=O) groups is 1. The van der Waals surface area contributed by atoms with E-state index in [2.05, 4.69) is 4.74 Å². The van der Waals surface area contributed by atoms with E-state index in [1.165, 1.54) is 24.3 Å². The largest absolute Gasteiger partial charge is 0.573 e. The van der Waals surface area contributed by atoms with Crippen LogP contribution in [-0.4, -0.2) is 12.6 Å². The summed E-state index contributed by atoms with van der Waals surface area (Å²) >= 11 is 0. The van der Waals surface area contributed by atoms with E-state index in [-0.39, 0.29) is 5.75 Å². The number of hydrogen-bond donors (Lipinski definition) is 0. The van der Waals surface area contributed by atoms with Gasteiger partial charge < -0.3 is 9.47 Å². The Labute approximate surface area is 154 Å². The molecular formula is C21H15F3O3. The number of aldehydes is 1. The SMILES string of the molecule is O=Cc1ccc(OCc2ccccc2)c(-c2ccc(OC(F)(F)F)cc2)c1. The number of ether oxygens (including phenoxy) is 2. The minimum atomic E-state index is -4.75. The topological polar surface area (TPSA) is 35.5 Å². The molecule has 0 heterocycles. The van der Waals surface area contributed by atoms with Crippen molar-refractivity contribution in [3.8, 4) is 22.6 Å². The van der Waals surface area contributed by atoms with E-state index in [9.17, 15) is 18.0 Å². The van der Waals surface area contributed by atoms with Gasteiger partial charge >= 0.3 is 6.36 Å². The molecule has 0 aromatic heterocycles. The maximum absolute atomic E-state index is 12.3. The second-order valence-corrected chi connectivity index (χ2v) is 5.72. The lowest BCUT2D eigenvalue weighted by Crippen LogP contribution is -2.16. The molecule has 3 nitrogen and oxygen atoms in total. The van der Waals surface area contributed by atoms with Crippen LogP contribution in [0.15, 0.2) is 72.8 Å². The Morgan fingerprint density at radius 1 is 0.889 bits per heavy atom. The molecule has 27 heavy (non-hydrogen) atoms. The summed E-state index contributed by atoms with van der Waals surface area (Å²) in [5, 5.41) is 0. The summed E-state index contributed by atoms with van der Waals surface area (Å²) in [7, 11) is 0. The number of halogens is 3. The average Bonchev–Trinajstić information content (AvgIpc) is 2.66. The Morgan fingerprint density at radius 2 is 1.59 bits per heavy atom. The van der Waals surface area contributed by atoms with E-state index >= 15 is 0 Å². The van der Waals surface area contributed by atoms with Crippen molar-refractivity contribution < 1.29 is 27.4 Å². The van der Waals surface area contributed by atoms with Crippen LogP contribution in [-0.2, 0) is 6.61 Å². The fourth-order valence-electron chi connectivity index (χ4n) is 2.54. The summed E-state index contributed by atoms with van der Waals surface area (Å²) < 4.78 is 46.7. The van der Waals surface area contributed by atoms with E-state index in [0.717, 1.165) is 5.56 Å². The minimum absolute atomic E-state index is 0.315. The molecule has 138 valence electrons. The molecule has 3 aromatic rings. The molecule has 0 atom stereocenters. The zero-order valence-electron chi connectivity index (χ0n) is 14.1. The Balaban J connectivity index is 1.87. The third-order valence-electron chi connectivity index (χ3n) is 3.78. The fourth-order valence-corrected chi connectivity index (χ4v) is 2.54. The van der Waals surface area contributed by atoms with Crippen LogP contribution in [0, 0.1) is 0 Å². The van der Waals surface area contributed by atoms with Crippen LogP contribution in [0.2, 0.25) is 0 Å². The van der Waals surface area contributed by atoms with E-state index in [4.69, 9.17) is 4.74 Å². The molecule has 0 saturated carbocycles. The van der Waals surface area contributed by atoms with E-state index < -0.39 is 6.36 Å². The van der Waals surface area contributed by atoms with Crippen molar-refractivity contribution in [3.63, 3.8) is 0 Å². The summed E-state index contributed by atoms with van der Waals surface area (Å²) in [6.45, 7) is 0.323. The zero-order chi connectivity index (χ0) is 19.3.